The standard InChI is InChI=1S/C30H32FN5O2/c1-20(2)18-35(30(38)32-25-12-8-11-24(31)16-25)19-29(37)33-28-17-26(23-9-6-5-7-10-23)34-36(28)27-14-13-21(3)15-22(27)4/h5-17,20H,18-19H2,1-4H3,(H,32,38)(H,33,37). The molecule has 1 heterocycles. The van der Waals surface area contributed by atoms with Gasteiger partial charge in [-0.1, -0.05) is 67.9 Å². The SMILES string of the molecule is Cc1ccc(-n2nc(-c3ccccc3)cc2NC(=O)CN(CC(C)C)C(=O)Nc2cccc(F)c2)c(C)c1. The summed E-state index contributed by atoms with van der Waals surface area (Å²) in [6.45, 7) is 8.11. The lowest BCUT2D eigenvalue weighted by Crippen LogP contribution is -2.42. The summed E-state index contributed by atoms with van der Waals surface area (Å²) in [7, 11) is 0. The molecule has 1 aromatic heterocycles. The van der Waals surface area contributed by atoms with Crippen LogP contribution in [0, 0.1) is 25.6 Å². The zero-order chi connectivity index (χ0) is 27.2. The van der Waals surface area contributed by atoms with Crippen molar-refractivity contribution in [2.75, 3.05) is 23.7 Å². The summed E-state index contributed by atoms with van der Waals surface area (Å²) < 4.78 is 15.3. The monoisotopic (exact) mass is 513 g/mol. The molecule has 7 nitrogen and oxygen atoms in total. The molecular weight excluding hydrogens is 481 g/mol. The normalized spacial score (nSPS) is 10.9. The highest BCUT2D eigenvalue weighted by Gasteiger charge is 2.21. The van der Waals surface area contributed by atoms with Crippen LogP contribution in [0.15, 0.2) is 78.9 Å². The summed E-state index contributed by atoms with van der Waals surface area (Å²) in [6, 6.07) is 22.8. The topological polar surface area (TPSA) is 79.3 Å². The predicted molar refractivity (Wildman–Crippen MR) is 149 cm³/mol. The summed E-state index contributed by atoms with van der Waals surface area (Å²) in [5.74, 6) is -0.210. The Hall–Kier alpha value is -4.46. The van der Waals surface area contributed by atoms with E-state index in [4.69, 9.17) is 5.10 Å². The summed E-state index contributed by atoms with van der Waals surface area (Å²) in [5, 5.41) is 10.4. The minimum atomic E-state index is -0.479. The number of aromatic nitrogens is 2. The molecule has 0 saturated carbocycles. The number of nitrogens with one attached hydrogen (secondary N) is 2. The average molecular weight is 514 g/mol. The molecule has 0 aliphatic carbocycles. The van der Waals surface area contributed by atoms with E-state index in [-0.39, 0.29) is 18.4 Å². The summed E-state index contributed by atoms with van der Waals surface area (Å²) in [5.41, 5.74) is 4.94. The van der Waals surface area contributed by atoms with E-state index in [1.165, 1.54) is 23.1 Å². The van der Waals surface area contributed by atoms with E-state index in [0.717, 1.165) is 22.4 Å². The van der Waals surface area contributed by atoms with Crippen molar-refractivity contribution < 1.29 is 14.0 Å². The number of urea groups is 1. The first-order chi connectivity index (χ1) is 18.2. The molecule has 0 spiro atoms. The molecule has 196 valence electrons. The number of carbonyl (C=O) groups is 2. The van der Waals surface area contributed by atoms with Gasteiger partial charge in [-0.3, -0.25) is 4.79 Å². The highest BCUT2D eigenvalue weighted by Crippen LogP contribution is 2.26. The van der Waals surface area contributed by atoms with Crippen molar-refractivity contribution in [3.8, 4) is 16.9 Å². The molecule has 0 atom stereocenters. The van der Waals surface area contributed by atoms with Crippen LogP contribution in [0.2, 0.25) is 0 Å². The van der Waals surface area contributed by atoms with Gasteiger partial charge in [0.05, 0.1) is 11.4 Å². The number of halogens is 1. The Labute approximate surface area is 222 Å². The second kappa shape index (κ2) is 11.7. The maximum absolute atomic E-state index is 13.6. The number of benzene rings is 3. The molecule has 2 N–H and O–H groups in total. The van der Waals surface area contributed by atoms with E-state index in [1.54, 1.807) is 10.7 Å². The molecule has 0 aliphatic rings. The van der Waals surface area contributed by atoms with Gasteiger partial charge in [0.2, 0.25) is 5.91 Å². The van der Waals surface area contributed by atoms with Gasteiger partial charge >= 0.3 is 6.03 Å². The van der Waals surface area contributed by atoms with Gasteiger partial charge in [-0.25, -0.2) is 13.9 Å². The number of hydrogen-bond donors (Lipinski definition) is 2. The smallest absolute Gasteiger partial charge is 0.315 e. The van der Waals surface area contributed by atoms with Gasteiger partial charge in [0, 0.05) is 23.9 Å². The largest absolute Gasteiger partial charge is 0.322 e. The summed E-state index contributed by atoms with van der Waals surface area (Å²) in [6.07, 6.45) is 0. The molecule has 0 aliphatic heterocycles. The van der Waals surface area contributed by atoms with Gasteiger partial charge in [0.1, 0.15) is 18.2 Å². The first kappa shape index (κ1) is 26.6. The van der Waals surface area contributed by atoms with Crippen LogP contribution in [0.1, 0.15) is 25.0 Å². The predicted octanol–water partition coefficient (Wildman–Crippen LogP) is 6.42. The molecule has 3 aromatic carbocycles. The lowest BCUT2D eigenvalue weighted by atomic mass is 10.1. The Kier molecular flexibility index (Phi) is 8.21. The van der Waals surface area contributed by atoms with Crippen LogP contribution in [-0.2, 0) is 4.79 Å². The number of carbonyl (C=O) groups excluding carboxylic acids is 2. The van der Waals surface area contributed by atoms with Gasteiger partial charge in [-0.15, -0.1) is 0 Å². The Morgan fingerprint density at radius 2 is 1.71 bits per heavy atom. The number of rotatable bonds is 8. The van der Waals surface area contributed by atoms with Gasteiger partial charge in [0.15, 0.2) is 0 Å². The molecule has 0 saturated heterocycles. The van der Waals surface area contributed by atoms with Gasteiger partial charge in [-0.05, 0) is 49.6 Å². The van der Waals surface area contributed by atoms with Gasteiger partial charge in [-0.2, -0.15) is 5.10 Å². The molecular formula is C30H32FN5O2. The van der Waals surface area contributed by atoms with Crippen molar-refractivity contribution in [2.45, 2.75) is 27.7 Å². The maximum atomic E-state index is 13.6. The minimum Gasteiger partial charge on any atom is -0.315 e. The number of anilines is 2. The second-order valence-corrected chi connectivity index (χ2v) is 9.75. The van der Waals surface area contributed by atoms with Crippen LogP contribution in [0.5, 0.6) is 0 Å². The fraction of sp³-hybridized carbons (Fsp3) is 0.233. The van der Waals surface area contributed by atoms with Crippen molar-refractivity contribution in [3.63, 3.8) is 0 Å². The molecule has 38 heavy (non-hydrogen) atoms. The fourth-order valence-corrected chi connectivity index (χ4v) is 4.23. The summed E-state index contributed by atoms with van der Waals surface area (Å²) in [4.78, 5) is 27.7. The van der Waals surface area contributed by atoms with Crippen LogP contribution in [0.25, 0.3) is 16.9 Å². The zero-order valence-corrected chi connectivity index (χ0v) is 22.0. The molecule has 0 radical (unpaired) electrons. The van der Waals surface area contributed by atoms with Crippen molar-refractivity contribution >= 4 is 23.4 Å². The number of hydrogen-bond acceptors (Lipinski definition) is 3. The highest BCUT2D eigenvalue weighted by atomic mass is 19.1. The zero-order valence-electron chi connectivity index (χ0n) is 22.0. The van der Waals surface area contributed by atoms with Crippen LogP contribution in [0.4, 0.5) is 20.7 Å². The second-order valence-electron chi connectivity index (χ2n) is 9.75. The Bertz CT molecular complexity index is 1430. The molecule has 0 bridgehead atoms. The fourth-order valence-electron chi connectivity index (χ4n) is 4.23. The Morgan fingerprint density at radius 3 is 2.39 bits per heavy atom. The number of aryl methyl sites for hydroxylation is 2. The third-order valence-corrected chi connectivity index (χ3v) is 5.91. The molecule has 0 unspecified atom stereocenters. The molecule has 8 heteroatoms. The van der Waals surface area contributed by atoms with Crippen molar-refractivity contribution in [1.82, 2.24) is 14.7 Å². The van der Waals surface area contributed by atoms with Crippen molar-refractivity contribution in [3.05, 3.63) is 95.8 Å². The van der Waals surface area contributed by atoms with Crippen LogP contribution >= 0.6 is 0 Å². The molecule has 3 amide bonds. The van der Waals surface area contributed by atoms with Gasteiger partial charge in [0.25, 0.3) is 0 Å². The lowest BCUT2D eigenvalue weighted by Gasteiger charge is -2.24. The van der Waals surface area contributed by atoms with E-state index in [0.29, 0.717) is 23.7 Å². The van der Waals surface area contributed by atoms with E-state index >= 15 is 0 Å². The molecule has 4 aromatic rings. The lowest BCUT2D eigenvalue weighted by molar-refractivity contribution is -0.116. The first-order valence-electron chi connectivity index (χ1n) is 12.5. The minimum absolute atomic E-state index is 0.117. The highest BCUT2D eigenvalue weighted by molar-refractivity contribution is 5.97. The quantitative estimate of drug-likeness (QED) is 0.285. The average Bonchev–Trinajstić information content (AvgIpc) is 3.27. The number of nitrogens with zero attached hydrogens (tertiary/aromatic N) is 3. The maximum Gasteiger partial charge on any atom is 0.322 e. The number of amides is 3. The van der Waals surface area contributed by atoms with E-state index < -0.39 is 11.8 Å². The summed E-state index contributed by atoms with van der Waals surface area (Å²) >= 11 is 0. The van der Waals surface area contributed by atoms with Crippen LogP contribution in [-0.4, -0.2) is 39.7 Å². The Morgan fingerprint density at radius 1 is 0.947 bits per heavy atom. The first-order valence-corrected chi connectivity index (χ1v) is 12.5. The molecule has 0 fully saturated rings. The Balaban J connectivity index is 1.59. The van der Waals surface area contributed by atoms with Crippen molar-refractivity contribution in [2.24, 2.45) is 5.92 Å². The third kappa shape index (κ3) is 6.64. The third-order valence-electron chi connectivity index (χ3n) is 5.91. The van der Waals surface area contributed by atoms with Crippen LogP contribution in [0.3, 0.4) is 0 Å². The van der Waals surface area contributed by atoms with Gasteiger partial charge < -0.3 is 15.5 Å². The van der Waals surface area contributed by atoms with E-state index in [1.807, 2.05) is 76.2 Å². The van der Waals surface area contributed by atoms with Crippen LogP contribution < -0.4 is 10.6 Å². The van der Waals surface area contributed by atoms with Crippen molar-refractivity contribution in [1.29, 1.82) is 0 Å². The molecule has 4 rings (SSSR count). The van der Waals surface area contributed by atoms with E-state index in [9.17, 15) is 14.0 Å². The van der Waals surface area contributed by atoms with E-state index in [2.05, 4.69) is 16.7 Å².